The lowest BCUT2D eigenvalue weighted by atomic mass is 10.2. The van der Waals surface area contributed by atoms with Gasteiger partial charge in [0.1, 0.15) is 11.5 Å². The molecular weight excluding hydrogens is 370 g/mol. The Bertz CT molecular complexity index is 780. The molecule has 1 saturated heterocycles. The molecule has 5 nitrogen and oxygen atoms in total. The summed E-state index contributed by atoms with van der Waals surface area (Å²) in [7, 11) is 3.28. The Labute approximate surface area is 172 Å². The van der Waals surface area contributed by atoms with Crippen molar-refractivity contribution >= 4 is 29.1 Å². The Morgan fingerprint density at radius 3 is 2.25 bits per heavy atom. The van der Waals surface area contributed by atoms with Gasteiger partial charge in [-0.3, -0.25) is 4.90 Å². The predicted molar refractivity (Wildman–Crippen MR) is 119 cm³/mol. The number of nitrogens with zero attached hydrogens (tertiary/aromatic N) is 2. The van der Waals surface area contributed by atoms with E-state index in [1.807, 2.05) is 24.3 Å². The minimum atomic E-state index is 0.731. The quantitative estimate of drug-likeness (QED) is 0.749. The van der Waals surface area contributed by atoms with Crippen molar-refractivity contribution in [3.05, 3.63) is 60.2 Å². The zero-order chi connectivity index (χ0) is 19.8. The van der Waals surface area contributed by atoms with Crippen molar-refractivity contribution in [3.63, 3.8) is 0 Å². The van der Waals surface area contributed by atoms with Crippen molar-refractivity contribution in [1.29, 1.82) is 0 Å². The van der Waals surface area contributed by atoms with Crippen LogP contribution in [0.1, 0.15) is 5.56 Å². The summed E-state index contributed by atoms with van der Waals surface area (Å²) in [6, 6.07) is 16.1. The van der Waals surface area contributed by atoms with Crippen LogP contribution in [0.3, 0.4) is 0 Å². The molecule has 28 heavy (non-hydrogen) atoms. The van der Waals surface area contributed by atoms with E-state index < -0.39 is 0 Å². The third-order valence-corrected chi connectivity index (χ3v) is 5.10. The molecule has 1 heterocycles. The standard InChI is InChI=1S/C22H27N3O2S/c1-26-20-15-19(16-21(17-20)27-2)23-22(28)25-13-11-24(12-14-25)10-6-9-18-7-4-3-5-8-18/h3-9,15-17H,10-14H2,1-2H3,(H,23,28)/b9-6+. The molecule has 0 saturated carbocycles. The first-order valence-corrected chi connectivity index (χ1v) is 9.81. The second kappa shape index (κ2) is 10.1. The summed E-state index contributed by atoms with van der Waals surface area (Å²) in [5.41, 5.74) is 2.11. The molecule has 1 fully saturated rings. The zero-order valence-corrected chi connectivity index (χ0v) is 17.2. The van der Waals surface area contributed by atoms with E-state index in [-0.39, 0.29) is 0 Å². The van der Waals surface area contributed by atoms with E-state index in [9.17, 15) is 0 Å². The molecule has 0 amide bonds. The number of piperazine rings is 1. The largest absolute Gasteiger partial charge is 0.497 e. The van der Waals surface area contributed by atoms with Crippen LogP contribution in [0, 0.1) is 0 Å². The highest BCUT2D eigenvalue weighted by atomic mass is 32.1. The first-order valence-electron chi connectivity index (χ1n) is 9.41. The second-order valence-electron chi connectivity index (χ2n) is 6.63. The number of thiocarbonyl (C=S) groups is 1. The Morgan fingerprint density at radius 1 is 1.00 bits per heavy atom. The summed E-state index contributed by atoms with van der Waals surface area (Å²) in [6.45, 7) is 4.75. The molecule has 0 bridgehead atoms. The SMILES string of the molecule is COc1cc(NC(=S)N2CCN(C/C=C/c3ccccc3)CC2)cc(OC)c1. The molecule has 1 aliphatic rings. The number of methoxy groups -OCH3 is 2. The zero-order valence-electron chi connectivity index (χ0n) is 16.4. The second-order valence-corrected chi connectivity index (χ2v) is 7.02. The van der Waals surface area contributed by atoms with E-state index in [1.165, 1.54) is 5.56 Å². The number of anilines is 1. The van der Waals surface area contributed by atoms with Gasteiger partial charge in [0.15, 0.2) is 5.11 Å². The molecule has 0 unspecified atom stereocenters. The lowest BCUT2D eigenvalue weighted by Crippen LogP contribution is -2.49. The van der Waals surface area contributed by atoms with Gasteiger partial charge in [-0.25, -0.2) is 0 Å². The van der Waals surface area contributed by atoms with Gasteiger partial charge in [-0.15, -0.1) is 0 Å². The third-order valence-electron chi connectivity index (χ3n) is 4.74. The maximum atomic E-state index is 5.61. The van der Waals surface area contributed by atoms with E-state index >= 15 is 0 Å². The molecule has 148 valence electrons. The number of hydrogen-bond acceptors (Lipinski definition) is 4. The van der Waals surface area contributed by atoms with E-state index in [0.717, 1.165) is 55.0 Å². The smallest absolute Gasteiger partial charge is 0.173 e. The van der Waals surface area contributed by atoms with Crippen LogP contribution in [-0.4, -0.2) is 61.9 Å². The van der Waals surface area contributed by atoms with Gasteiger partial charge >= 0.3 is 0 Å². The van der Waals surface area contributed by atoms with Gasteiger partial charge in [0.25, 0.3) is 0 Å². The highest BCUT2D eigenvalue weighted by Crippen LogP contribution is 2.26. The summed E-state index contributed by atoms with van der Waals surface area (Å²) >= 11 is 5.61. The van der Waals surface area contributed by atoms with Crippen molar-refractivity contribution in [3.8, 4) is 11.5 Å². The molecule has 1 aliphatic heterocycles. The van der Waals surface area contributed by atoms with Crippen molar-refractivity contribution in [2.24, 2.45) is 0 Å². The van der Waals surface area contributed by atoms with Crippen LogP contribution in [0.2, 0.25) is 0 Å². The van der Waals surface area contributed by atoms with Crippen LogP contribution >= 0.6 is 12.2 Å². The van der Waals surface area contributed by atoms with Gasteiger partial charge in [-0.2, -0.15) is 0 Å². The van der Waals surface area contributed by atoms with E-state index in [1.54, 1.807) is 14.2 Å². The van der Waals surface area contributed by atoms with Gasteiger partial charge in [0.2, 0.25) is 0 Å². The Hall–Kier alpha value is -2.57. The fourth-order valence-corrected chi connectivity index (χ4v) is 3.42. The predicted octanol–water partition coefficient (Wildman–Crippen LogP) is 3.73. The normalized spacial score (nSPS) is 14.9. The van der Waals surface area contributed by atoms with E-state index in [0.29, 0.717) is 0 Å². The van der Waals surface area contributed by atoms with Gasteiger partial charge in [0, 0.05) is 56.6 Å². The fourth-order valence-electron chi connectivity index (χ4n) is 3.12. The summed E-state index contributed by atoms with van der Waals surface area (Å²) in [4.78, 5) is 4.64. The molecular formula is C22H27N3O2S. The Kier molecular flexibility index (Phi) is 7.28. The van der Waals surface area contributed by atoms with E-state index in [4.69, 9.17) is 21.7 Å². The maximum absolute atomic E-state index is 5.61. The van der Waals surface area contributed by atoms with Gasteiger partial charge < -0.3 is 19.7 Å². The van der Waals surface area contributed by atoms with Crippen LogP contribution in [0.4, 0.5) is 5.69 Å². The average molecular weight is 398 g/mol. The molecule has 0 radical (unpaired) electrons. The summed E-state index contributed by atoms with van der Waals surface area (Å²) in [6.07, 6.45) is 4.40. The van der Waals surface area contributed by atoms with Gasteiger partial charge in [-0.1, -0.05) is 42.5 Å². The van der Waals surface area contributed by atoms with Crippen LogP contribution in [0.5, 0.6) is 11.5 Å². The molecule has 0 aromatic heterocycles. The monoisotopic (exact) mass is 397 g/mol. The molecule has 2 aromatic rings. The van der Waals surface area contributed by atoms with Crippen LogP contribution in [0.25, 0.3) is 6.08 Å². The molecule has 0 aliphatic carbocycles. The molecule has 0 spiro atoms. The maximum Gasteiger partial charge on any atom is 0.173 e. The Morgan fingerprint density at radius 2 is 1.64 bits per heavy atom. The lowest BCUT2D eigenvalue weighted by Gasteiger charge is -2.35. The minimum Gasteiger partial charge on any atom is -0.497 e. The number of ether oxygens (including phenoxy) is 2. The highest BCUT2D eigenvalue weighted by Gasteiger charge is 2.18. The van der Waals surface area contributed by atoms with Crippen molar-refractivity contribution in [2.45, 2.75) is 0 Å². The van der Waals surface area contributed by atoms with Crippen LogP contribution < -0.4 is 14.8 Å². The Balaban J connectivity index is 1.48. The molecule has 1 N–H and O–H groups in total. The van der Waals surface area contributed by atoms with Crippen LogP contribution in [0.15, 0.2) is 54.6 Å². The average Bonchev–Trinajstić information content (AvgIpc) is 2.74. The summed E-state index contributed by atoms with van der Waals surface area (Å²) in [5.74, 6) is 1.47. The van der Waals surface area contributed by atoms with Crippen molar-refractivity contribution < 1.29 is 9.47 Å². The number of nitrogens with one attached hydrogen (secondary N) is 1. The first kappa shape index (κ1) is 20.2. The molecule has 2 aromatic carbocycles. The summed E-state index contributed by atoms with van der Waals surface area (Å²) in [5, 5.41) is 4.04. The molecule has 3 rings (SSSR count). The van der Waals surface area contributed by atoms with Crippen molar-refractivity contribution in [1.82, 2.24) is 9.80 Å². The topological polar surface area (TPSA) is 37.0 Å². The fraction of sp³-hybridized carbons (Fsp3) is 0.318. The highest BCUT2D eigenvalue weighted by molar-refractivity contribution is 7.80. The number of hydrogen-bond donors (Lipinski definition) is 1. The third kappa shape index (κ3) is 5.71. The van der Waals surface area contributed by atoms with Gasteiger partial charge in [0.05, 0.1) is 14.2 Å². The lowest BCUT2D eigenvalue weighted by molar-refractivity contribution is 0.200. The van der Waals surface area contributed by atoms with E-state index in [2.05, 4.69) is 51.5 Å². The van der Waals surface area contributed by atoms with Crippen molar-refractivity contribution in [2.75, 3.05) is 52.3 Å². The minimum absolute atomic E-state index is 0.731. The molecule has 0 atom stereocenters. The number of benzene rings is 2. The van der Waals surface area contributed by atoms with Gasteiger partial charge in [-0.05, 0) is 17.8 Å². The van der Waals surface area contributed by atoms with Crippen LogP contribution in [-0.2, 0) is 0 Å². The summed E-state index contributed by atoms with van der Waals surface area (Å²) < 4.78 is 10.6. The first-order chi connectivity index (χ1) is 13.7. The molecule has 6 heteroatoms. The number of rotatable bonds is 6.